The minimum Gasteiger partial charge on any atom is -0.411 e. The van der Waals surface area contributed by atoms with E-state index < -0.39 is 6.29 Å². The van der Waals surface area contributed by atoms with Crippen molar-refractivity contribution in [1.82, 2.24) is 0 Å². The van der Waals surface area contributed by atoms with Crippen molar-refractivity contribution in [2.75, 3.05) is 0 Å². The quantitative estimate of drug-likeness (QED) is 0.397. The summed E-state index contributed by atoms with van der Waals surface area (Å²) in [5.74, 6) is 3.93. The van der Waals surface area contributed by atoms with Crippen molar-refractivity contribution in [3.05, 3.63) is 36.0 Å². The van der Waals surface area contributed by atoms with Gasteiger partial charge in [0.15, 0.2) is 6.29 Å². The lowest BCUT2D eigenvalue weighted by Gasteiger charge is -2.55. The van der Waals surface area contributed by atoms with Gasteiger partial charge in [-0.1, -0.05) is 30.3 Å². The van der Waals surface area contributed by atoms with Crippen molar-refractivity contribution in [1.29, 1.82) is 0 Å². The number of hydrogen-bond donors (Lipinski definition) is 2. The third-order valence-corrected chi connectivity index (χ3v) is 8.84. The van der Waals surface area contributed by atoms with E-state index >= 15 is 0 Å². The van der Waals surface area contributed by atoms with E-state index in [1.165, 1.54) is 24.8 Å². The monoisotopic (exact) mass is 353 g/mol. The molecule has 6 aliphatic rings. The van der Waals surface area contributed by atoms with Gasteiger partial charge in [0.25, 0.3) is 0 Å². The van der Waals surface area contributed by atoms with Crippen molar-refractivity contribution < 1.29 is 15.1 Å². The number of aliphatic hydroxyl groups is 1. The third-order valence-electron chi connectivity index (χ3n) is 8.84. The van der Waals surface area contributed by atoms with Crippen LogP contribution in [0.5, 0.6) is 0 Å². The molecule has 3 fully saturated rings. The summed E-state index contributed by atoms with van der Waals surface area (Å²) in [7, 11) is 0. The lowest BCUT2D eigenvalue weighted by atomic mass is 9.50. The summed E-state index contributed by atoms with van der Waals surface area (Å²) in [6, 6.07) is 0. The Kier molecular flexibility index (Phi) is 2.95. The van der Waals surface area contributed by atoms with Crippen LogP contribution in [0.2, 0.25) is 0 Å². The number of oxime groups is 1. The van der Waals surface area contributed by atoms with E-state index in [1.807, 2.05) is 6.08 Å². The summed E-state index contributed by atoms with van der Waals surface area (Å²) in [4.78, 5) is 0. The summed E-state index contributed by atoms with van der Waals surface area (Å²) in [5, 5.41) is 22.6. The van der Waals surface area contributed by atoms with E-state index in [4.69, 9.17) is 9.94 Å². The van der Waals surface area contributed by atoms with Crippen LogP contribution in [0.25, 0.3) is 0 Å². The molecule has 0 aromatic carbocycles. The predicted molar refractivity (Wildman–Crippen MR) is 97.5 cm³/mol. The number of hydrogen-bond acceptors (Lipinski definition) is 4. The predicted octanol–water partition coefficient (Wildman–Crippen LogP) is 3.66. The highest BCUT2D eigenvalue weighted by molar-refractivity contribution is 5.96. The maximum Gasteiger partial charge on any atom is 0.175 e. The van der Waals surface area contributed by atoms with Crippen molar-refractivity contribution in [3.63, 3.8) is 0 Å². The second kappa shape index (κ2) is 4.90. The molecule has 9 atom stereocenters. The Morgan fingerprint density at radius 3 is 2.88 bits per heavy atom. The molecule has 4 heteroatoms. The molecule has 0 aromatic rings. The average Bonchev–Trinajstić information content (AvgIpc) is 3.29. The molecule has 1 aliphatic heterocycles. The number of allylic oxidation sites excluding steroid dienone is 4. The summed E-state index contributed by atoms with van der Waals surface area (Å²) < 4.78 is 6.22. The van der Waals surface area contributed by atoms with Crippen molar-refractivity contribution in [3.8, 4) is 0 Å². The van der Waals surface area contributed by atoms with Crippen molar-refractivity contribution in [2.24, 2.45) is 46.1 Å². The standard InChI is InChI=1S/C22H27NO3/c1-21-8-6-15-14-5-3-13(23-25)10-12(14)2-4-16(15)20(21)17-11-18(17)22(21)9-7-19(24)26-22/h2,4,7,9-10,14-20,24-25H,3,5-6,8,11H2,1H3/b23-13+/t14-,15?,16?,17-,18+,19?,20?,21-,22-/m0/s1. The Morgan fingerprint density at radius 1 is 1.23 bits per heavy atom. The molecule has 0 bridgehead atoms. The fourth-order valence-electron chi connectivity index (χ4n) is 7.81. The summed E-state index contributed by atoms with van der Waals surface area (Å²) >= 11 is 0. The van der Waals surface area contributed by atoms with Crippen LogP contribution >= 0.6 is 0 Å². The third kappa shape index (κ3) is 1.71. The first-order chi connectivity index (χ1) is 12.6. The Labute approximate surface area is 154 Å². The zero-order chi connectivity index (χ0) is 17.7. The highest BCUT2D eigenvalue weighted by Crippen LogP contribution is 2.77. The van der Waals surface area contributed by atoms with Crippen molar-refractivity contribution in [2.45, 2.75) is 50.9 Å². The Bertz CT molecular complexity index is 782. The largest absolute Gasteiger partial charge is 0.411 e. The lowest BCUT2D eigenvalue weighted by Crippen LogP contribution is -2.54. The number of fused-ring (bicyclic) bond motifs is 9. The lowest BCUT2D eigenvalue weighted by molar-refractivity contribution is -0.191. The minimum absolute atomic E-state index is 0.133. The maximum absolute atomic E-state index is 10.1. The molecule has 1 heterocycles. The van der Waals surface area contributed by atoms with Gasteiger partial charge in [0.1, 0.15) is 0 Å². The first kappa shape index (κ1) is 15.6. The van der Waals surface area contributed by atoms with E-state index in [9.17, 15) is 5.11 Å². The molecule has 6 rings (SSSR count). The van der Waals surface area contributed by atoms with Gasteiger partial charge in [-0.15, -0.1) is 0 Å². The van der Waals surface area contributed by atoms with E-state index in [0.717, 1.165) is 24.5 Å². The molecule has 26 heavy (non-hydrogen) atoms. The number of nitrogens with zero attached hydrogens (tertiary/aromatic N) is 1. The molecule has 0 aromatic heterocycles. The first-order valence-corrected chi connectivity index (χ1v) is 10.2. The Hall–Kier alpha value is -1.39. The van der Waals surface area contributed by atoms with Crippen LogP contribution in [0.3, 0.4) is 0 Å². The normalized spacial score (nSPS) is 57.5. The van der Waals surface area contributed by atoms with Crippen LogP contribution in [0.1, 0.15) is 39.0 Å². The molecule has 0 saturated heterocycles. The van der Waals surface area contributed by atoms with Crippen molar-refractivity contribution >= 4 is 5.71 Å². The molecule has 138 valence electrons. The van der Waals surface area contributed by atoms with Gasteiger partial charge in [0.05, 0.1) is 11.3 Å². The number of rotatable bonds is 0. The van der Waals surface area contributed by atoms with Crippen LogP contribution in [-0.4, -0.2) is 27.9 Å². The molecule has 0 radical (unpaired) electrons. The van der Waals surface area contributed by atoms with E-state index in [1.54, 1.807) is 0 Å². The first-order valence-electron chi connectivity index (χ1n) is 10.2. The maximum atomic E-state index is 10.1. The minimum atomic E-state index is -0.726. The zero-order valence-electron chi connectivity index (χ0n) is 15.2. The van der Waals surface area contributed by atoms with Crippen LogP contribution in [-0.2, 0) is 4.74 Å². The van der Waals surface area contributed by atoms with Gasteiger partial charge in [-0.3, -0.25) is 0 Å². The van der Waals surface area contributed by atoms with Crippen LogP contribution < -0.4 is 0 Å². The van der Waals surface area contributed by atoms with Gasteiger partial charge in [-0.05, 0) is 85.3 Å². The van der Waals surface area contributed by atoms with Crippen LogP contribution in [0.15, 0.2) is 41.1 Å². The highest BCUT2D eigenvalue weighted by Gasteiger charge is 2.76. The van der Waals surface area contributed by atoms with Crippen LogP contribution in [0, 0.1) is 40.9 Å². The molecule has 5 aliphatic carbocycles. The highest BCUT2D eigenvalue weighted by atomic mass is 16.6. The smallest absolute Gasteiger partial charge is 0.175 e. The average molecular weight is 353 g/mol. The molecule has 3 saturated carbocycles. The molecule has 1 spiro atoms. The van der Waals surface area contributed by atoms with Gasteiger partial charge in [-0.25, -0.2) is 0 Å². The second-order valence-electron chi connectivity index (χ2n) is 9.63. The van der Waals surface area contributed by atoms with Gasteiger partial charge in [-0.2, -0.15) is 0 Å². The van der Waals surface area contributed by atoms with Gasteiger partial charge in [0, 0.05) is 5.41 Å². The van der Waals surface area contributed by atoms with E-state index in [2.05, 4.69) is 36.4 Å². The number of ether oxygens (including phenoxy) is 1. The topological polar surface area (TPSA) is 62.1 Å². The Morgan fingerprint density at radius 2 is 2.12 bits per heavy atom. The zero-order valence-corrected chi connectivity index (χ0v) is 15.2. The summed E-state index contributed by atoms with van der Waals surface area (Å²) in [6.07, 6.45) is 15.9. The number of aliphatic hydroxyl groups excluding tert-OH is 1. The van der Waals surface area contributed by atoms with E-state index in [0.29, 0.717) is 29.6 Å². The second-order valence-corrected chi connectivity index (χ2v) is 9.63. The molecular formula is C22H27NO3. The molecule has 0 amide bonds. The SMILES string of the molecule is C[C@]12CCC3C(C=CC4=C/C(=N/O)CC[C@@H]43)C1[C@H]1C[C@H]1[C@@]21C=CC(O)O1. The summed E-state index contributed by atoms with van der Waals surface area (Å²) in [6.45, 7) is 2.43. The fourth-order valence-corrected chi connectivity index (χ4v) is 7.81. The fraction of sp³-hybridized carbons (Fsp3) is 0.682. The molecule has 2 N–H and O–H groups in total. The van der Waals surface area contributed by atoms with E-state index in [-0.39, 0.29) is 11.0 Å². The molecular weight excluding hydrogens is 326 g/mol. The van der Waals surface area contributed by atoms with Gasteiger partial charge < -0.3 is 15.1 Å². The molecule has 4 nitrogen and oxygen atoms in total. The summed E-state index contributed by atoms with van der Waals surface area (Å²) in [5.41, 5.74) is 2.08. The Balaban J connectivity index is 1.40. The molecule has 4 unspecified atom stereocenters. The van der Waals surface area contributed by atoms with Gasteiger partial charge >= 0.3 is 0 Å². The van der Waals surface area contributed by atoms with Gasteiger partial charge in [0.2, 0.25) is 0 Å². The van der Waals surface area contributed by atoms with Crippen LogP contribution in [0.4, 0.5) is 0 Å².